The Hall–Kier alpha value is -3.73. The molecule has 0 bridgehead atoms. The molecule has 0 spiro atoms. The average molecular weight is 369 g/mol. The largest absolute Gasteiger partial charge is 0.451 e. The molecule has 27 heavy (non-hydrogen) atoms. The highest BCUT2D eigenvalue weighted by Crippen LogP contribution is 2.10. The maximum atomic E-state index is 13.5. The fourth-order valence-corrected chi connectivity index (χ4v) is 2.06. The Morgan fingerprint density at radius 2 is 1.81 bits per heavy atom. The zero-order valence-corrected chi connectivity index (χ0v) is 14.4. The van der Waals surface area contributed by atoms with E-state index in [1.807, 2.05) is 6.07 Å². The number of hydrogen-bond acceptors (Lipinski definition) is 5. The van der Waals surface area contributed by atoms with Gasteiger partial charge in [0, 0.05) is 5.69 Å². The summed E-state index contributed by atoms with van der Waals surface area (Å²) in [4.78, 5) is 35.6. The number of hydrogen-bond donors (Lipinski definition) is 2. The number of rotatable bonds is 6. The fraction of sp³-hybridized carbons (Fsp3) is 0.158. The number of benzene rings is 2. The van der Waals surface area contributed by atoms with Gasteiger partial charge in [-0.2, -0.15) is 5.26 Å². The van der Waals surface area contributed by atoms with Crippen molar-refractivity contribution in [1.82, 2.24) is 5.32 Å². The number of nitrogens with one attached hydrogen (secondary N) is 2. The maximum Gasteiger partial charge on any atom is 0.326 e. The number of nitriles is 1. The third-order valence-corrected chi connectivity index (χ3v) is 3.47. The Kier molecular flexibility index (Phi) is 6.61. The number of carbonyl (C=O) groups excluding carboxylic acids is 3. The van der Waals surface area contributed by atoms with Gasteiger partial charge >= 0.3 is 5.97 Å². The Balaban J connectivity index is 1.82. The van der Waals surface area contributed by atoms with E-state index in [1.165, 1.54) is 37.3 Å². The molecule has 0 saturated heterocycles. The van der Waals surface area contributed by atoms with Gasteiger partial charge in [0.25, 0.3) is 11.8 Å². The molecule has 0 radical (unpaired) electrons. The van der Waals surface area contributed by atoms with Crippen molar-refractivity contribution in [3.05, 3.63) is 65.5 Å². The van der Waals surface area contributed by atoms with Crippen molar-refractivity contribution in [2.24, 2.45) is 0 Å². The first-order valence-corrected chi connectivity index (χ1v) is 7.94. The molecule has 8 heteroatoms. The Labute approximate surface area is 154 Å². The summed E-state index contributed by atoms with van der Waals surface area (Å²) in [5.74, 6) is -2.89. The normalized spacial score (nSPS) is 11.0. The molecule has 0 saturated carbocycles. The lowest BCUT2D eigenvalue weighted by atomic mass is 10.2. The molecule has 0 aliphatic carbocycles. The standard InChI is InChI=1S/C19H16FN3O4/c1-12(18(25)23-14-8-6-13(10-21)7-9-14)27-17(24)11-22-19(26)15-4-2-3-5-16(15)20/h2-9,12H,11H2,1H3,(H,22,26)(H,23,25)/t12-/m0/s1. The summed E-state index contributed by atoms with van der Waals surface area (Å²) in [6.07, 6.45) is -1.11. The van der Waals surface area contributed by atoms with E-state index in [1.54, 1.807) is 12.1 Å². The highest BCUT2D eigenvalue weighted by Gasteiger charge is 2.19. The molecule has 2 rings (SSSR count). The molecule has 0 aliphatic rings. The molecule has 138 valence electrons. The van der Waals surface area contributed by atoms with Crippen molar-refractivity contribution in [2.75, 3.05) is 11.9 Å². The summed E-state index contributed by atoms with van der Waals surface area (Å²) in [5.41, 5.74) is 0.685. The van der Waals surface area contributed by atoms with Crippen molar-refractivity contribution >= 4 is 23.5 Å². The van der Waals surface area contributed by atoms with Gasteiger partial charge in [0.1, 0.15) is 12.4 Å². The van der Waals surface area contributed by atoms with Crippen LogP contribution in [0.1, 0.15) is 22.8 Å². The lowest BCUT2D eigenvalue weighted by Crippen LogP contribution is -2.36. The Morgan fingerprint density at radius 3 is 2.44 bits per heavy atom. The molecule has 2 amide bonds. The lowest BCUT2D eigenvalue weighted by molar-refractivity contribution is -0.152. The van der Waals surface area contributed by atoms with Gasteiger partial charge in [0.2, 0.25) is 0 Å². The summed E-state index contributed by atoms with van der Waals surface area (Å²) in [6, 6.07) is 13.4. The van der Waals surface area contributed by atoms with Crippen LogP contribution in [0.25, 0.3) is 0 Å². The highest BCUT2D eigenvalue weighted by atomic mass is 19.1. The smallest absolute Gasteiger partial charge is 0.326 e. The monoisotopic (exact) mass is 369 g/mol. The maximum absolute atomic E-state index is 13.5. The predicted molar refractivity (Wildman–Crippen MR) is 94.1 cm³/mol. The van der Waals surface area contributed by atoms with E-state index in [2.05, 4.69) is 10.6 Å². The van der Waals surface area contributed by atoms with E-state index in [0.29, 0.717) is 11.3 Å². The van der Waals surface area contributed by atoms with E-state index >= 15 is 0 Å². The van der Waals surface area contributed by atoms with Gasteiger partial charge in [0.05, 0.1) is 17.2 Å². The van der Waals surface area contributed by atoms with Crippen molar-refractivity contribution in [1.29, 1.82) is 5.26 Å². The number of esters is 1. The third-order valence-electron chi connectivity index (χ3n) is 3.47. The first-order chi connectivity index (χ1) is 12.9. The molecule has 0 fully saturated rings. The zero-order chi connectivity index (χ0) is 19.8. The van der Waals surface area contributed by atoms with Gasteiger partial charge in [-0.25, -0.2) is 4.39 Å². The molecule has 0 aromatic heterocycles. The lowest BCUT2D eigenvalue weighted by Gasteiger charge is -2.14. The number of anilines is 1. The molecular weight excluding hydrogens is 353 g/mol. The molecule has 1 atom stereocenters. The third kappa shape index (κ3) is 5.64. The van der Waals surface area contributed by atoms with Crippen molar-refractivity contribution in [3.8, 4) is 6.07 Å². The van der Waals surface area contributed by atoms with Gasteiger partial charge in [0.15, 0.2) is 6.10 Å². The summed E-state index contributed by atoms with van der Waals surface area (Å²) < 4.78 is 18.4. The van der Waals surface area contributed by atoms with Crippen LogP contribution in [0.2, 0.25) is 0 Å². The molecule has 2 aromatic rings. The molecule has 0 aliphatic heterocycles. The van der Waals surface area contributed by atoms with Crippen LogP contribution < -0.4 is 10.6 Å². The zero-order valence-electron chi connectivity index (χ0n) is 14.4. The van der Waals surface area contributed by atoms with Crippen LogP contribution in [-0.2, 0) is 14.3 Å². The van der Waals surface area contributed by atoms with Gasteiger partial charge in [-0.05, 0) is 43.3 Å². The van der Waals surface area contributed by atoms with Crippen molar-refractivity contribution < 1.29 is 23.5 Å². The second-order valence-electron chi connectivity index (χ2n) is 5.47. The molecule has 2 aromatic carbocycles. The fourth-order valence-electron chi connectivity index (χ4n) is 2.06. The molecule has 0 heterocycles. The van der Waals surface area contributed by atoms with Crippen LogP contribution in [0.15, 0.2) is 48.5 Å². The highest BCUT2D eigenvalue weighted by molar-refractivity contribution is 5.97. The van der Waals surface area contributed by atoms with Crippen LogP contribution in [0.4, 0.5) is 10.1 Å². The number of halogens is 1. The SMILES string of the molecule is C[C@H](OC(=O)CNC(=O)c1ccccc1F)C(=O)Nc1ccc(C#N)cc1. The second-order valence-corrected chi connectivity index (χ2v) is 5.47. The van der Waals surface area contributed by atoms with Gasteiger partial charge in [-0.3, -0.25) is 14.4 Å². The molecular formula is C19H16FN3O4. The predicted octanol–water partition coefficient (Wildman–Crippen LogP) is 2.00. The van der Waals surface area contributed by atoms with E-state index in [4.69, 9.17) is 10.00 Å². The van der Waals surface area contributed by atoms with E-state index in [0.717, 1.165) is 6.07 Å². The van der Waals surface area contributed by atoms with Crippen molar-refractivity contribution in [2.45, 2.75) is 13.0 Å². The van der Waals surface area contributed by atoms with Crippen LogP contribution in [-0.4, -0.2) is 30.4 Å². The number of amides is 2. The van der Waals surface area contributed by atoms with Crippen molar-refractivity contribution in [3.63, 3.8) is 0 Å². The first kappa shape index (κ1) is 19.6. The minimum atomic E-state index is -1.11. The van der Waals surface area contributed by atoms with Crippen LogP contribution in [0.5, 0.6) is 0 Å². The number of carbonyl (C=O) groups is 3. The second kappa shape index (κ2) is 9.10. The van der Waals surface area contributed by atoms with Crippen LogP contribution in [0, 0.1) is 17.1 Å². The first-order valence-electron chi connectivity index (χ1n) is 7.94. The number of ether oxygens (including phenoxy) is 1. The van der Waals surface area contributed by atoms with E-state index in [-0.39, 0.29) is 5.56 Å². The molecule has 7 nitrogen and oxygen atoms in total. The molecule has 0 unspecified atom stereocenters. The quantitative estimate of drug-likeness (QED) is 0.757. The summed E-state index contributed by atoms with van der Waals surface area (Å²) >= 11 is 0. The minimum Gasteiger partial charge on any atom is -0.451 e. The van der Waals surface area contributed by atoms with E-state index < -0.39 is 36.2 Å². The van der Waals surface area contributed by atoms with Gasteiger partial charge in [-0.15, -0.1) is 0 Å². The Bertz CT molecular complexity index is 891. The topological polar surface area (TPSA) is 108 Å². The Morgan fingerprint density at radius 1 is 1.15 bits per heavy atom. The summed E-state index contributed by atoms with van der Waals surface area (Å²) in [7, 11) is 0. The van der Waals surface area contributed by atoms with Gasteiger partial charge < -0.3 is 15.4 Å². The van der Waals surface area contributed by atoms with E-state index in [9.17, 15) is 18.8 Å². The van der Waals surface area contributed by atoms with Crippen LogP contribution in [0.3, 0.4) is 0 Å². The number of nitrogens with zero attached hydrogens (tertiary/aromatic N) is 1. The summed E-state index contributed by atoms with van der Waals surface area (Å²) in [6.45, 7) is 0.858. The summed E-state index contributed by atoms with van der Waals surface area (Å²) in [5, 5.41) is 13.5. The van der Waals surface area contributed by atoms with Crippen LogP contribution >= 0.6 is 0 Å². The van der Waals surface area contributed by atoms with Gasteiger partial charge in [-0.1, -0.05) is 12.1 Å². The minimum absolute atomic E-state index is 0.197. The average Bonchev–Trinajstić information content (AvgIpc) is 2.67. The molecule has 2 N–H and O–H groups in total.